The molecule has 0 bridgehead atoms. The van der Waals surface area contributed by atoms with E-state index >= 15 is 0 Å². The molecule has 0 fully saturated rings. The van der Waals surface area contributed by atoms with Gasteiger partial charge in [0.05, 0.1) is 26.7 Å². The second-order valence-corrected chi connectivity index (χ2v) is 5.89. The summed E-state index contributed by atoms with van der Waals surface area (Å²) in [6, 6.07) is 10.8. The summed E-state index contributed by atoms with van der Waals surface area (Å²) in [5, 5.41) is 9.97. The minimum absolute atomic E-state index is 0.464. The van der Waals surface area contributed by atoms with Crippen LogP contribution in [0, 0.1) is 0 Å². The maximum absolute atomic E-state index is 10.6. The van der Waals surface area contributed by atoms with Gasteiger partial charge in [0, 0.05) is 5.56 Å². The van der Waals surface area contributed by atoms with Crippen LogP contribution in [0.1, 0.15) is 22.6 Å². The highest BCUT2D eigenvalue weighted by Crippen LogP contribution is 2.51. The van der Waals surface area contributed by atoms with Crippen molar-refractivity contribution in [1.82, 2.24) is 0 Å². The summed E-state index contributed by atoms with van der Waals surface area (Å²) in [5.74, 6) is 2.23. The van der Waals surface area contributed by atoms with Crippen molar-refractivity contribution in [3.8, 4) is 23.0 Å². The summed E-state index contributed by atoms with van der Waals surface area (Å²) >= 11 is 6.47. The molecule has 0 aromatic heterocycles. The normalized spacial score (nSPS) is 22.3. The van der Waals surface area contributed by atoms with Crippen LogP contribution < -0.4 is 18.9 Å². The van der Waals surface area contributed by atoms with E-state index in [9.17, 15) is 5.11 Å². The second-order valence-electron chi connectivity index (χ2n) is 5.42. The molecule has 5 nitrogen and oxygen atoms in total. The molecular weight excluding hydrogens is 332 g/mol. The van der Waals surface area contributed by atoms with Crippen molar-refractivity contribution >= 4 is 11.6 Å². The Kier molecular flexibility index (Phi) is 4.73. The maximum atomic E-state index is 10.6. The van der Waals surface area contributed by atoms with Gasteiger partial charge in [-0.2, -0.15) is 0 Å². The Hall–Kier alpha value is -2.11. The first-order valence-electron chi connectivity index (χ1n) is 7.48. The van der Waals surface area contributed by atoms with Crippen LogP contribution in [0.2, 0.25) is 0 Å². The molecule has 6 heteroatoms. The number of hydrogen-bond acceptors (Lipinski definition) is 5. The number of hydrogen-bond donors (Lipinski definition) is 1. The Morgan fingerprint density at radius 3 is 2.25 bits per heavy atom. The first-order chi connectivity index (χ1) is 11.6. The van der Waals surface area contributed by atoms with Crippen LogP contribution >= 0.6 is 11.6 Å². The number of fused-ring (bicyclic) bond motifs is 1. The molecule has 0 radical (unpaired) electrons. The third-order valence-electron chi connectivity index (χ3n) is 4.13. The largest absolute Gasteiger partial charge is 0.497 e. The average Bonchev–Trinajstić information content (AvgIpc) is 2.63. The van der Waals surface area contributed by atoms with Crippen molar-refractivity contribution in [3.05, 3.63) is 47.5 Å². The summed E-state index contributed by atoms with van der Waals surface area (Å²) in [6.45, 7) is 0. The molecule has 0 saturated heterocycles. The number of ether oxygens (including phenoxy) is 4. The molecular formula is C18H19ClO5. The van der Waals surface area contributed by atoms with Crippen LogP contribution in [0.5, 0.6) is 23.0 Å². The van der Waals surface area contributed by atoms with E-state index in [0.29, 0.717) is 22.8 Å². The topological polar surface area (TPSA) is 57.2 Å². The van der Waals surface area contributed by atoms with E-state index in [-0.39, 0.29) is 0 Å². The molecule has 2 aromatic rings. The Balaban J connectivity index is 2.04. The van der Waals surface area contributed by atoms with Gasteiger partial charge < -0.3 is 24.1 Å². The summed E-state index contributed by atoms with van der Waals surface area (Å²) in [4.78, 5) is 0. The van der Waals surface area contributed by atoms with E-state index in [4.69, 9.17) is 30.5 Å². The Labute approximate surface area is 145 Å². The van der Waals surface area contributed by atoms with Gasteiger partial charge in [-0.1, -0.05) is 12.1 Å². The van der Waals surface area contributed by atoms with Crippen molar-refractivity contribution in [3.63, 3.8) is 0 Å². The van der Waals surface area contributed by atoms with Crippen LogP contribution in [0.15, 0.2) is 36.4 Å². The zero-order valence-electron chi connectivity index (χ0n) is 13.7. The lowest BCUT2D eigenvalue weighted by Gasteiger charge is -2.35. The quantitative estimate of drug-likeness (QED) is 0.855. The second kappa shape index (κ2) is 6.79. The van der Waals surface area contributed by atoms with Gasteiger partial charge in [-0.05, 0) is 29.8 Å². The standard InChI is InChI=1S/C18H19ClO5/c1-21-11-6-4-10(5-7-11)16-15(20)14(19)12-8-9-13(22-2)18(23-3)17(12)24-16/h4-9,14-16,20H,1-3H3/t14-,15+,16+/m0/s1. The summed E-state index contributed by atoms with van der Waals surface area (Å²) < 4.78 is 22.0. The number of rotatable bonds is 4. The van der Waals surface area contributed by atoms with Gasteiger partial charge in [0.2, 0.25) is 5.75 Å². The van der Waals surface area contributed by atoms with Crippen molar-refractivity contribution in [1.29, 1.82) is 0 Å². The zero-order valence-corrected chi connectivity index (χ0v) is 14.4. The lowest BCUT2D eigenvalue weighted by atomic mass is 9.93. The van der Waals surface area contributed by atoms with Gasteiger partial charge >= 0.3 is 0 Å². The number of halogens is 1. The summed E-state index contributed by atoms with van der Waals surface area (Å²) in [5.41, 5.74) is 1.47. The van der Waals surface area contributed by atoms with Gasteiger partial charge in [-0.3, -0.25) is 0 Å². The van der Waals surface area contributed by atoms with E-state index in [1.165, 1.54) is 7.11 Å². The van der Waals surface area contributed by atoms with Crippen LogP contribution in [-0.4, -0.2) is 32.5 Å². The number of methoxy groups -OCH3 is 3. The lowest BCUT2D eigenvalue weighted by molar-refractivity contribution is 0.0149. The molecule has 0 amide bonds. The van der Waals surface area contributed by atoms with Crippen molar-refractivity contribution in [2.45, 2.75) is 17.6 Å². The van der Waals surface area contributed by atoms with Gasteiger partial charge in [0.1, 0.15) is 11.9 Å². The summed E-state index contributed by atoms with van der Waals surface area (Å²) in [7, 11) is 4.70. The first-order valence-corrected chi connectivity index (χ1v) is 7.92. The molecule has 0 aliphatic carbocycles. The van der Waals surface area contributed by atoms with E-state index in [0.717, 1.165) is 11.3 Å². The van der Waals surface area contributed by atoms with Crippen LogP contribution in [0.4, 0.5) is 0 Å². The molecule has 0 unspecified atom stereocenters. The SMILES string of the molecule is COc1ccc([C@H]2Oc3c(ccc(OC)c3OC)[C@H](Cl)[C@H]2O)cc1. The maximum Gasteiger partial charge on any atom is 0.203 e. The van der Waals surface area contributed by atoms with E-state index in [1.807, 2.05) is 24.3 Å². The van der Waals surface area contributed by atoms with Crippen LogP contribution in [0.25, 0.3) is 0 Å². The predicted octanol–water partition coefficient (Wildman–Crippen LogP) is 3.49. The number of aliphatic hydroxyl groups excluding tert-OH is 1. The molecule has 1 heterocycles. The van der Waals surface area contributed by atoms with E-state index in [1.54, 1.807) is 26.4 Å². The van der Waals surface area contributed by atoms with Gasteiger partial charge in [-0.15, -0.1) is 11.6 Å². The fraction of sp³-hybridized carbons (Fsp3) is 0.333. The van der Waals surface area contributed by atoms with Crippen molar-refractivity contribution in [2.24, 2.45) is 0 Å². The predicted molar refractivity (Wildman–Crippen MR) is 90.5 cm³/mol. The van der Waals surface area contributed by atoms with Gasteiger partial charge in [-0.25, -0.2) is 0 Å². The number of benzene rings is 2. The Morgan fingerprint density at radius 2 is 1.67 bits per heavy atom. The highest BCUT2D eigenvalue weighted by Gasteiger charge is 2.39. The van der Waals surface area contributed by atoms with Crippen molar-refractivity contribution in [2.75, 3.05) is 21.3 Å². The Morgan fingerprint density at radius 1 is 0.958 bits per heavy atom. The molecule has 1 N–H and O–H groups in total. The van der Waals surface area contributed by atoms with Crippen LogP contribution in [0.3, 0.4) is 0 Å². The number of aliphatic hydroxyl groups is 1. The molecule has 1 aliphatic rings. The fourth-order valence-electron chi connectivity index (χ4n) is 2.85. The molecule has 128 valence electrons. The van der Waals surface area contributed by atoms with Gasteiger partial charge in [0.15, 0.2) is 17.6 Å². The molecule has 2 aromatic carbocycles. The monoisotopic (exact) mass is 350 g/mol. The molecule has 0 saturated carbocycles. The molecule has 0 spiro atoms. The Bertz CT molecular complexity index is 716. The van der Waals surface area contributed by atoms with E-state index < -0.39 is 17.6 Å². The zero-order chi connectivity index (χ0) is 17.3. The molecule has 3 atom stereocenters. The summed E-state index contributed by atoms with van der Waals surface area (Å²) in [6.07, 6.45) is -1.52. The minimum Gasteiger partial charge on any atom is -0.497 e. The van der Waals surface area contributed by atoms with Crippen LogP contribution in [-0.2, 0) is 0 Å². The van der Waals surface area contributed by atoms with Gasteiger partial charge in [0.25, 0.3) is 0 Å². The first kappa shape index (κ1) is 16.7. The fourth-order valence-corrected chi connectivity index (χ4v) is 3.15. The number of alkyl halides is 1. The lowest BCUT2D eigenvalue weighted by Crippen LogP contribution is -2.32. The smallest absolute Gasteiger partial charge is 0.203 e. The van der Waals surface area contributed by atoms with E-state index in [2.05, 4.69) is 0 Å². The molecule has 3 rings (SSSR count). The van der Waals surface area contributed by atoms with Crippen molar-refractivity contribution < 1.29 is 24.1 Å². The highest BCUT2D eigenvalue weighted by molar-refractivity contribution is 6.21. The third-order valence-corrected chi connectivity index (χ3v) is 4.62. The molecule has 24 heavy (non-hydrogen) atoms. The highest BCUT2D eigenvalue weighted by atomic mass is 35.5. The average molecular weight is 351 g/mol. The minimum atomic E-state index is -0.898. The molecule has 1 aliphatic heterocycles. The third kappa shape index (κ3) is 2.74.